The fourth-order valence-corrected chi connectivity index (χ4v) is 3.27. The summed E-state index contributed by atoms with van der Waals surface area (Å²) >= 11 is 0. The molecule has 134 valence electrons. The van der Waals surface area contributed by atoms with Gasteiger partial charge in [0.15, 0.2) is 24.0 Å². The number of rotatable bonds is 4. The first-order valence-corrected chi connectivity index (χ1v) is 8.33. The molecular weight excluding hydrogens is 328 g/mol. The van der Waals surface area contributed by atoms with Gasteiger partial charge in [0, 0.05) is 25.4 Å². The molecule has 1 aliphatic rings. The predicted octanol–water partition coefficient (Wildman–Crippen LogP) is 3.32. The van der Waals surface area contributed by atoms with Gasteiger partial charge in [0.05, 0.1) is 0 Å². The molecule has 5 nitrogen and oxygen atoms in total. The van der Waals surface area contributed by atoms with Crippen LogP contribution in [0, 0.1) is 23.5 Å². The maximum Gasteiger partial charge on any atom is 0.274 e. The summed E-state index contributed by atoms with van der Waals surface area (Å²) in [7, 11) is 0. The molecule has 1 amide bonds. The van der Waals surface area contributed by atoms with E-state index >= 15 is 0 Å². The van der Waals surface area contributed by atoms with Crippen LogP contribution in [0.25, 0.3) is 0 Å². The number of hydrogen-bond acceptors (Lipinski definition) is 3. The quantitative estimate of drug-likeness (QED) is 0.851. The van der Waals surface area contributed by atoms with Crippen LogP contribution in [0.4, 0.5) is 8.78 Å². The molecule has 0 radical (unpaired) electrons. The van der Waals surface area contributed by atoms with E-state index in [1.807, 2.05) is 4.90 Å². The molecule has 25 heavy (non-hydrogen) atoms. The van der Waals surface area contributed by atoms with Gasteiger partial charge in [-0.3, -0.25) is 4.79 Å². The third-order valence-corrected chi connectivity index (χ3v) is 4.26. The molecule has 1 aromatic carbocycles. The molecule has 1 fully saturated rings. The first-order valence-electron chi connectivity index (χ1n) is 8.33. The Morgan fingerprint density at radius 3 is 2.64 bits per heavy atom. The number of aromatic nitrogens is 2. The lowest BCUT2D eigenvalue weighted by Gasteiger charge is -2.34. The molecule has 0 bridgehead atoms. The minimum absolute atomic E-state index is 0.0662. The van der Waals surface area contributed by atoms with Crippen molar-refractivity contribution in [1.82, 2.24) is 14.7 Å². The van der Waals surface area contributed by atoms with Crippen LogP contribution in [0.2, 0.25) is 0 Å². The van der Waals surface area contributed by atoms with Crippen LogP contribution in [-0.4, -0.2) is 33.7 Å². The lowest BCUT2D eigenvalue weighted by atomic mass is 9.92. The molecule has 1 saturated heterocycles. The highest BCUT2D eigenvalue weighted by Gasteiger charge is 2.27. The van der Waals surface area contributed by atoms with Gasteiger partial charge in [-0.05, 0) is 36.5 Å². The fourth-order valence-electron chi connectivity index (χ4n) is 3.27. The molecule has 2 aromatic rings. The molecule has 1 aromatic heterocycles. The number of likely N-dealkylation sites (tertiary alicyclic amines) is 1. The number of halogens is 2. The van der Waals surface area contributed by atoms with Crippen LogP contribution in [0.15, 0.2) is 30.5 Å². The van der Waals surface area contributed by atoms with E-state index in [1.165, 1.54) is 10.7 Å². The monoisotopic (exact) mass is 349 g/mol. The molecule has 1 aliphatic heterocycles. The third-order valence-electron chi connectivity index (χ3n) is 4.26. The van der Waals surface area contributed by atoms with Crippen LogP contribution in [-0.2, 0) is 6.73 Å². The summed E-state index contributed by atoms with van der Waals surface area (Å²) in [6.45, 7) is 5.67. The van der Waals surface area contributed by atoms with Gasteiger partial charge in [0.25, 0.3) is 5.91 Å². The maximum absolute atomic E-state index is 13.5. The van der Waals surface area contributed by atoms with E-state index in [1.54, 1.807) is 12.3 Å². The minimum Gasteiger partial charge on any atom is -0.468 e. The van der Waals surface area contributed by atoms with Crippen molar-refractivity contribution in [2.75, 3.05) is 13.1 Å². The van der Waals surface area contributed by atoms with E-state index in [-0.39, 0.29) is 18.4 Å². The Labute approximate surface area is 145 Å². The van der Waals surface area contributed by atoms with E-state index in [0.29, 0.717) is 17.5 Å². The highest BCUT2D eigenvalue weighted by atomic mass is 19.1. The summed E-state index contributed by atoms with van der Waals surface area (Å²) in [5.41, 5.74) is 0.337. The van der Waals surface area contributed by atoms with Gasteiger partial charge in [-0.2, -0.15) is 5.10 Å². The van der Waals surface area contributed by atoms with E-state index in [4.69, 9.17) is 4.74 Å². The molecule has 0 aliphatic carbocycles. The van der Waals surface area contributed by atoms with E-state index in [0.717, 1.165) is 31.6 Å². The molecule has 2 atom stereocenters. The zero-order valence-electron chi connectivity index (χ0n) is 14.3. The Hall–Kier alpha value is -2.44. The summed E-state index contributed by atoms with van der Waals surface area (Å²) in [5, 5.41) is 4.20. The number of nitrogens with zero attached hydrogens (tertiary/aromatic N) is 3. The van der Waals surface area contributed by atoms with Gasteiger partial charge >= 0.3 is 0 Å². The van der Waals surface area contributed by atoms with Gasteiger partial charge in [0.1, 0.15) is 5.82 Å². The van der Waals surface area contributed by atoms with Crippen molar-refractivity contribution >= 4 is 5.91 Å². The van der Waals surface area contributed by atoms with Crippen molar-refractivity contribution in [1.29, 1.82) is 0 Å². The van der Waals surface area contributed by atoms with Gasteiger partial charge < -0.3 is 9.64 Å². The first kappa shape index (κ1) is 17.4. The molecule has 0 saturated carbocycles. The van der Waals surface area contributed by atoms with Crippen molar-refractivity contribution in [3.63, 3.8) is 0 Å². The number of piperidine rings is 1. The van der Waals surface area contributed by atoms with Crippen LogP contribution in [0.1, 0.15) is 30.8 Å². The van der Waals surface area contributed by atoms with E-state index < -0.39 is 11.6 Å². The molecule has 7 heteroatoms. The second-order valence-electron chi connectivity index (χ2n) is 6.74. The van der Waals surface area contributed by atoms with Crippen LogP contribution < -0.4 is 4.74 Å². The Morgan fingerprint density at radius 1 is 1.24 bits per heavy atom. The lowest BCUT2D eigenvalue weighted by Crippen LogP contribution is -2.42. The Kier molecular flexibility index (Phi) is 5.01. The van der Waals surface area contributed by atoms with Crippen LogP contribution in [0.3, 0.4) is 0 Å². The summed E-state index contributed by atoms with van der Waals surface area (Å²) in [4.78, 5) is 14.4. The zero-order chi connectivity index (χ0) is 18.0. The third kappa shape index (κ3) is 4.15. The largest absolute Gasteiger partial charge is 0.468 e. The summed E-state index contributed by atoms with van der Waals surface area (Å²) < 4.78 is 33.1. The first-order chi connectivity index (χ1) is 11.9. The number of carbonyl (C=O) groups excluding carboxylic acids is 1. The summed E-state index contributed by atoms with van der Waals surface area (Å²) in [5.74, 6) is -0.672. The molecular formula is C18H21F2N3O2. The predicted molar refractivity (Wildman–Crippen MR) is 88.1 cm³/mol. The normalized spacial score (nSPS) is 20.6. The Balaban J connectivity index is 1.63. The molecule has 3 rings (SSSR count). The maximum atomic E-state index is 13.5. The van der Waals surface area contributed by atoms with Gasteiger partial charge in [0.2, 0.25) is 0 Å². The summed E-state index contributed by atoms with van der Waals surface area (Å²) in [6.07, 6.45) is 2.72. The average molecular weight is 349 g/mol. The number of amides is 1. The SMILES string of the molecule is CC1CC(C)CN(C(=O)c2ccn(COc3ccc(F)cc3F)n2)C1. The van der Waals surface area contributed by atoms with Crippen molar-refractivity contribution in [3.05, 3.63) is 47.8 Å². The minimum atomic E-state index is -0.778. The average Bonchev–Trinajstić information content (AvgIpc) is 3.01. The standard InChI is InChI=1S/C18H21F2N3O2/c1-12-7-13(2)10-22(9-12)18(24)16-5-6-23(21-16)11-25-17-4-3-14(19)8-15(17)20/h3-6,8,12-13H,7,9-11H2,1-2H3. The number of ether oxygens (including phenoxy) is 1. The zero-order valence-corrected chi connectivity index (χ0v) is 14.3. The second kappa shape index (κ2) is 7.21. The van der Waals surface area contributed by atoms with Gasteiger partial charge in [-0.25, -0.2) is 13.5 Å². The fraction of sp³-hybridized carbons (Fsp3) is 0.444. The number of hydrogen-bond donors (Lipinski definition) is 0. The van der Waals surface area contributed by atoms with Crippen LogP contribution in [0.5, 0.6) is 5.75 Å². The Bertz CT molecular complexity index is 753. The second-order valence-corrected chi connectivity index (χ2v) is 6.74. The molecule has 2 heterocycles. The number of carbonyl (C=O) groups is 1. The van der Waals surface area contributed by atoms with E-state index in [2.05, 4.69) is 18.9 Å². The van der Waals surface area contributed by atoms with Crippen molar-refractivity contribution in [3.8, 4) is 5.75 Å². The highest BCUT2D eigenvalue weighted by Crippen LogP contribution is 2.22. The summed E-state index contributed by atoms with van der Waals surface area (Å²) in [6, 6.07) is 4.72. The van der Waals surface area contributed by atoms with Crippen molar-refractivity contribution in [2.24, 2.45) is 11.8 Å². The molecule has 2 unspecified atom stereocenters. The molecule has 0 spiro atoms. The highest BCUT2D eigenvalue weighted by molar-refractivity contribution is 5.92. The van der Waals surface area contributed by atoms with Gasteiger partial charge in [-0.15, -0.1) is 0 Å². The van der Waals surface area contributed by atoms with E-state index in [9.17, 15) is 13.6 Å². The number of benzene rings is 1. The van der Waals surface area contributed by atoms with Crippen molar-refractivity contribution < 1.29 is 18.3 Å². The van der Waals surface area contributed by atoms with Crippen molar-refractivity contribution in [2.45, 2.75) is 27.0 Å². The van der Waals surface area contributed by atoms with Crippen LogP contribution >= 0.6 is 0 Å². The smallest absolute Gasteiger partial charge is 0.274 e. The Morgan fingerprint density at radius 2 is 1.96 bits per heavy atom. The molecule has 0 N–H and O–H groups in total. The lowest BCUT2D eigenvalue weighted by molar-refractivity contribution is 0.0615. The topological polar surface area (TPSA) is 47.4 Å². The van der Waals surface area contributed by atoms with Gasteiger partial charge in [-0.1, -0.05) is 13.8 Å².